The zero-order chi connectivity index (χ0) is 15.1. The normalized spacial score (nSPS) is 21.8. The van der Waals surface area contributed by atoms with Crippen LogP contribution in [-0.2, 0) is 0 Å². The summed E-state index contributed by atoms with van der Waals surface area (Å²) in [6.07, 6.45) is 4.32. The van der Waals surface area contributed by atoms with E-state index in [4.69, 9.17) is 4.74 Å². The summed E-state index contributed by atoms with van der Waals surface area (Å²) in [5, 5.41) is 6.51. The molecule has 1 aromatic carbocycles. The summed E-state index contributed by atoms with van der Waals surface area (Å²) in [6, 6.07) is 7.95. The Labute approximate surface area is 127 Å². The van der Waals surface area contributed by atoms with Gasteiger partial charge in [0.2, 0.25) is 0 Å². The van der Waals surface area contributed by atoms with Crippen molar-refractivity contribution in [1.29, 1.82) is 0 Å². The maximum absolute atomic E-state index is 12.3. The standard InChI is InChI=1S/C17H26N2O2/c1-3-4-12-21-15-9-7-14(8-10-15)17(20)19-16-6-5-11-18-13(16)2/h7-10,13,16,18H,3-6,11-12H2,1-2H3,(H,19,20). The van der Waals surface area contributed by atoms with Gasteiger partial charge in [0.05, 0.1) is 6.61 Å². The van der Waals surface area contributed by atoms with Crippen molar-refractivity contribution in [2.75, 3.05) is 13.2 Å². The third-order valence-electron chi connectivity index (χ3n) is 3.96. The second-order valence-corrected chi connectivity index (χ2v) is 5.69. The van der Waals surface area contributed by atoms with Gasteiger partial charge in [-0.2, -0.15) is 0 Å². The fraction of sp³-hybridized carbons (Fsp3) is 0.588. The summed E-state index contributed by atoms with van der Waals surface area (Å²) in [6.45, 7) is 6.03. The number of amides is 1. The number of nitrogens with one attached hydrogen (secondary N) is 2. The fourth-order valence-corrected chi connectivity index (χ4v) is 2.53. The first kappa shape index (κ1) is 15.8. The van der Waals surface area contributed by atoms with Crippen LogP contribution < -0.4 is 15.4 Å². The summed E-state index contributed by atoms with van der Waals surface area (Å²) in [5.41, 5.74) is 0.690. The Hall–Kier alpha value is -1.55. The third kappa shape index (κ3) is 4.74. The van der Waals surface area contributed by atoms with Crippen molar-refractivity contribution in [1.82, 2.24) is 10.6 Å². The van der Waals surface area contributed by atoms with Gasteiger partial charge in [-0.05, 0) is 57.0 Å². The molecule has 116 valence electrons. The number of hydrogen-bond acceptors (Lipinski definition) is 3. The predicted molar refractivity (Wildman–Crippen MR) is 84.8 cm³/mol. The van der Waals surface area contributed by atoms with E-state index in [0.717, 1.165) is 44.6 Å². The molecule has 1 heterocycles. The Kier molecular flexibility index (Phi) is 6.05. The molecule has 1 aromatic rings. The summed E-state index contributed by atoms with van der Waals surface area (Å²) in [5.74, 6) is 0.823. The molecule has 4 heteroatoms. The number of rotatable bonds is 6. The molecule has 4 nitrogen and oxygen atoms in total. The molecule has 0 aromatic heterocycles. The van der Waals surface area contributed by atoms with E-state index in [-0.39, 0.29) is 11.9 Å². The largest absolute Gasteiger partial charge is 0.494 e. The van der Waals surface area contributed by atoms with Gasteiger partial charge in [-0.25, -0.2) is 0 Å². The van der Waals surface area contributed by atoms with Gasteiger partial charge in [-0.1, -0.05) is 13.3 Å². The monoisotopic (exact) mass is 290 g/mol. The molecule has 1 fully saturated rings. The lowest BCUT2D eigenvalue weighted by Gasteiger charge is -2.30. The van der Waals surface area contributed by atoms with E-state index in [1.807, 2.05) is 24.3 Å². The van der Waals surface area contributed by atoms with Crippen molar-refractivity contribution in [3.63, 3.8) is 0 Å². The number of hydrogen-bond donors (Lipinski definition) is 2. The van der Waals surface area contributed by atoms with E-state index in [0.29, 0.717) is 11.6 Å². The maximum Gasteiger partial charge on any atom is 0.251 e. The van der Waals surface area contributed by atoms with E-state index in [1.165, 1.54) is 0 Å². The SMILES string of the molecule is CCCCOc1ccc(C(=O)NC2CCCNC2C)cc1. The van der Waals surface area contributed by atoms with Crippen LogP contribution in [0.5, 0.6) is 5.75 Å². The van der Waals surface area contributed by atoms with Gasteiger partial charge in [0.25, 0.3) is 5.91 Å². The first-order valence-corrected chi connectivity index (χ1v) is 7.98. The molecule has 0 radical (unpaired) electrons. The summed E-state index contributed by atoms with van der Waals surface area (Å²) in [4.78, 5) is 12.3. The molecule has 21 heavy (non-hydrogen) atoms. The van der Waals surface area contributed by atoms with Crippen LogP contribution in [0.1, 0.15) is 49.9 Å². The average molecular weight is 290 g/mol. The first-order chi connectivity index (χ1) is 10.2. The highest BCUT2D eigenvalue weighted by atomic mass is 16.5. The van der Waals surface area contributed by atoms with Gasteiger partial charge in [0.1, 0.15) is 5.75 Å². The highest BCUT2D eigenvalue weighted by molar-refractivity contribution is 5.94. The van der Waals surface area contributed by atoms with Gasteiger partial charge in [0, 0.05) is 17.6 Å². The topological polar surface area (TPSA) is 50.4 Å². The van der Waals surface area contributed by atoms with Crippen LogP contribution in [0.3, 0.4) is 0 Å². The minimum absolute atomic E-state index is 0.00402. The molecular weight excluding hydrogens is 264 g/mol. The van der Waals surface area contributed by atoms with Crippen LogP contribution in [0.2, 0.25) is 0 Å². The number of piperidine rings is 1. The van der Waals surface area contributed by atoms with Crippen LogP contribution >= 0.6 is 0 Å². The highest BCUT2D eigenvalue weighted by Gasteiger charge is 2.22. The van der Waals surface area contributed by atoms with Crippen LogP contribution in [-0.4, -0.2) is 31.1 Å². The van der Waals surface area contributed by atoms with Crippen molar-refractivity contribution >= 4 is 5.91 Å². The Morgan fingerprint density at radius 3 is 2.81 bits per heavy atom. The van der Waals surface area contributed by atoms with E-state index in [1.54, 1.807) is 0 Å². The van der Waals surface area contributed by atoms with Crippen LogP contribution in [0.25, 0.3) is 0 Å². The van der Waals surface area contributed by atoms with Gasteiger partial charge < -0.3 is 15.4 Å². The number of unbranched alkanes of at least 4 members (excludes halogenated alkanes) is 1. The molecule has 2 rings (SSSR count). The Balaban J connectivity index is 1.87. The molecule has 1 aliphatic rings. The summed E-state index contributed by atoms with van der Waals surface area (Å²) >= 11 is 0. The quantitative estimate of drug-likeness (QED) is 0.792. The van der Waals surface area contributed by atoms with Gasteiger partial charge >= 0.3 is 0 Å². The molecule has 0 spiro atoms. The Bertz CT molecular complexity index is 445. The molecule has 2 N–H and O–H groups in total. The third-order valence-corrected chi connectivity index (χ3v) is 3.96. The van der Waals surface area contributed by atoms with Crippen molar-refractivity contribution in [3.8, 4) is 5.75 Å². The lowest BCUT2D eigenvalue weighted by Crippen LogP contribution is -2.51. The van der Waals surface area contributed by atoms with Gasteiger partial charge in [-0.15, -0.1) is 0 Å². The van der Waals surface area contributed by atoms with Crippen LogP contribution in [0, 0.1) is 0 Å². The molecule has 0 saturated carbocycles. The molecule has 1 amide bonds. The number of carbonyl (C=O) groups is 1. The fourth-order valence-electron chi connectivity index (χ4n) is 2.53. The van der Waals surface area contributed by atoms with Crippen molar-refractivity contribution in [3.05, 3.63) is 29.8 Å². The zero-order valence-electron chi connectivity index (χ0n) is 13.0. The molecule has 0 bridgehead atoms. The summed E-state index contributed by atoms with van der Waals surface area (Å²) < 4.78 is 5.61. The van der Waals surface area contributed by atoms with Gasteiger partial charge in [-0.3, -0.25) is 4.79 Å². The smallest absolute Gasteiger partial charge is 0.251 e. The predicted octanol–water partition coefficient (Wildman–Crippen LogP) is 2.74. The molecule has 2 atom stereocenters. The maximum atomic E-state index is 12.3. The Morgan fingerprint density at radius 1 is 1.38 bits per heavy atom. The van der Waals surface area contributed by atoms with Gasteiger partial charge in [0.15, 0.2) is 0 Å². The van der Waals surface area contributed by atoms with E-state index in [9.17, 15) is 4.79 Å². The molecule has 1 saturated heterocycles. The lowest BCUT2D eigenvalue weighted by atomic mass is 9.99. The number of benzene rings is 1. The number of ether oxygens (including phenoxy) is 1. The van der Waals surface area contributed by atoms with E-state index >= 15 is 0 Å². The van der Waals surface area contributed by atoms with Crippen molar-refractivity contribution in [2.24, 2.45) is 0 Å². The first-order valence-electron chi connectivity index (χ1n) is 7.98. The molecule has 0 aliphatic carbocycles. The van der Waals surface area contributed by atoms with Crippen molar-refractivity contribution < 1.29 is 9.53 Å². The van der Waals surface area contributed by atoms with Crippen LogP contribution in [0.4, 0.5) is 0 Å². The minimum atomic E-state index is -0.00402. The Morgan fingerprint density at radius 2 is 2.14 bits per heavy atom. The summed E-state index contributed by atoms with van der Waals surface area (Å²) in [7, 11) is 0. The van der Waals surface area contributed by atoms with E-state index < -0.39 is 0 Å². The zero-order valence-corrected chi connectivity index (χ0v) is 13.0. The lowest BCUT2D eigenvalue weighted by molar-refractivity contribution is 0.0920. The molecular formula is C17H26N2O2. The highest BCUT2D eigenvalue weighted by Crippen LogP contribution is 2.14. The number of carbonyl (C=O) groups excluding carboxylic acids is 1. The second kappa shape index (κ2) is 8.03. The van der Waals surface area contributed by atoms with Crippen LogP contribution in [0.15, 0.2) is 24.3 Å². The average Bonchev–Trinajstić information content (AvgIpc) is 2.50. The second-order valence-electron chi connectivity index (χ2n) is 5.69. The molecule has 1 aliphatic heterocycles. The molecule has 2 unspecified atom stereocenters. The van der Waals surface area contributed by atoms with Crippen molar-refractivity contribution in [2.45, 2.75) is 51.6 Å². The van der Waals surface area contributed by atoms with E-state index in [2.05, 4.69) is 24.5 Å². The minimum Gasteiger partial charge on any atom is -0.494 e.